The average molecular weight is 373 g/mol. The lowest BCUT2D eigenvalue weighted by molar-refractivity contribution is 0.567. The number of rotatable bonds is 3. The number of halogens is 1. The zero-order chi connectivity index (χ0) is 15.8. The molecule has 2 aromatic rings. The standard InChI is InChI=1S/C13H17BrN4O2S/c1-13(2,3)11-7-12(17-16-11)18-21(19,20)8-4-5-9(14)10(15)6-8/h4-7H,15H2,1-3H3,(H2,16,17,18). The summed E-state index contributed by atoms with van der Waals surface area (Å²) in [5.41, 5.74) is 6.77. The Kier molecular flexibility index (Phi) is 4.03. The zero-order valence-electron chi connectivity index (χ0n) is 11.9. The first-order valence-corrected chi connectivity index (χ1v) is 8.51. The number of nitrogen functional groups attached to an aromatic ring is 1. The molecule has 0 atom stereocenters. The second-order valence-electron chi connectivity index (χ2n) is 5.71. The van der Waals surface area contributed by atoms with Crippen LogP contribution in [0.25, 0.3) is 0 Å². The van der Waals surface area contributed by atoms with Crippen molar-refractivity contribution >= 4 is 37.5 Å². The molecule has 21 heavy (non-hydrogen) atoms. The van der Waals surface area contributed by atoms with Gasteiger partial charge >= 0.3 is 0 Å². The number of nitrogens with zero attached hydrogens (tertiary/aromatic N) is 1. The third-order valence-corrected chi connectivity index (χ3v) is 4.98. The van der Waals surface area contributed by atoms with Gasteiger partial charge in [0.15, 0.2) is 5.82 Å². The molecule has 4 N–H and O–H groups in total. The van der Waals surface area contributed by atoms with Gasteiger partial charge < -0.3 is 5.73 Å². The molecule has 0 saturated carbocycles. The van der Waals surface area contributed by atoms with Crippen LogP contribution < -0.4 is 10.5 Å². The van der Waals surface area contributed by atoms with Crippen LogP contribution in [0.3, 0.4) is 0 Å². The molecule has 114 valence electrons. The van der Waals surface area contributed by atoms with Gasteiger partial charge in [-0.05, 0) is 34.1 Å². The van der Waals surface area contributed by atoms with Crippen molar-refractivity contribution < 1.29 is 8.42 Å². The largest absolute Gasteiger partial charge is 0.398 e. The fraction of sp³-hybridized carbons (Fsp3) is 0.308. The Hall–Kier alpha value is -1.54. The van der Waals surface area contributed by atoms with Crippen molar-refractivity contribution in [1.29, 1.82) is 0 Å². The number of hydrogen-bond donors (Lipinski definition) is 3. The molecule has 8 heteroatoms. The van der Waals surface area contributed by atoms with Crippen LogP contribution in [-0.2, 0) is 15.4 Å². The molecule has 1 aromatic heterocycles. The van der Waals surface area contributed by atoms with E-state index in [9.17, 15) is 8.42 Å². The first-order valence-electron chi connectivity index (χ1n) is 6.23. The third kappa shape index (κ3) is 3.56. The first-order chi connectivity index (χ1) is 9.59. The van der Waals surface area contributed by atoms with Crippen LogP contribution in [0, 0.1) is 0 Å². The SMILES string of the molecule is CC(C)(C)c1cc(NS(=O)(=O)c2ccc(Br)c(N)c2)n[nH]1. The Bertz CT molecular complexity index is 763. The van der Waals surface area contributed by atoms with E-state index in [0.29, 0.717) is 10.2 Å². The summed E-state index contributed by atoms with van der Waals surface area (Å²) in [5, 5.41) is 6.81. The molecule has 0 aliphatic carbocycles. The molecular weight excluding hydrogens is 356 g/mol. The van der Waals surface area contributed by atoms with E-state index in [2.05, 4.69) is 30.8 Å². The second-order valence-corrected chi connectivity index (χ2v) is 8.24. The highest BCUT2D eigenvalue weighted by molar-refractivity contribution is 9.10. The van der Waals surface area contributed by atoms with Gasteiger partial charge in [-0.1, -0.05) is 20.8 Å². The fourth-order valence-corrected chi connectivity index (χ4v) is 2.92. The van der Waals surface area contributed by atoms with Crippen LogP contribution in [0.5, 0.6) is 0 Å². The summed E-state index contributed by atoms with van der Waals surface area (Å²) in [5.74, 6) is 0.251. The van der Waals surface area contributed by atoms with Crippen LogP contribution in [0.4, 0.5) is 11.5 Å². The van der Waals surface area contributed by atoms with E-state index >= 15 is 0 Å². The number of aromatic amines is 1. The molecule has 0 aliphatic rings. The van der Waals surface area contributed by atoms with Crippen LogP contribution in [-0.4, -0.2) is 18.6 Å². The Morgan fingerprint density at radius 2 is 1.95 bits per heavy atom. The van der Waals surface area contributed by atoms with Gasteiger partial charge in [-0.25, -0.2) is 8.42 Å². The summed E-state index contributed by atoms with van der Waals surface area (Å²) in [4.78, 5) is 0.0866. The van der Waals surface area contributed by atoms with Crippen molar-refractivity contribution in [1.82, 2.24) is 10.2 Å². The zero-order valence-corrected chi connectivity index (χ0v) is 14.3. The smallest absolute Gasteiger partial charge is 0.263 e. The highest BCUT2D eigenvalue weighted by Gasteiger charge is 2.20. The van der Waals surface area contributed by atoms with Gasteiger partial charge in [-0.15, -0.1) is 0 Å². The van der Waals surface area contributed by atoms with Crippen molar-refractivity contribution in [3.05, 3.63) is 34.4 Å². The lowest BCUT2D eigenvalue weighted by atomic mass is 9.92. The molecule has 0 unspecified atom stereocenters. The highest BCUT2D eigenvalue weighted by atomic mass is 79.9. The number of nitrogens with one attached hydrogen (secondary N) is 2. The molecule has 0 saturated heterocycles. The Morgan fingerprint density at radius 3 is 2.48 bits per heavy atom. The van der Waals surface area contributed by atoms with Crippen molar-refractivity contribution in [2.24, 2.45) is 0 Å². The Labute approximate surface area is 132 Å². The third-order valence-electron chi connectivity index (χ3n) is 2.90. The Morgan fingerprint density at radius 1 is 1.29 bits per heavy atom. The number of nitrogens with two attached hydrogens (primary N) is 1. The normalized spacial score (nSPS) is 12.4. The van der Waals surface area contributed by atoms with Gasteiger partial charge in [0.05, 0.1) is 4.90 Å². The molecule has 0 bridgehead atoms. The molecule has 6 nitrogen and oxygen atoms in total. The molecule has 0 radical (unpaired) electrons. The van der Waals surface area contributed by atoms with Crippen molar-refractivity contribution in [3.63, 3.8) is 0 Å². The van der Waals surface area contributed by atoms with E-state index in [0.717, 1.165) is 5.69 Å². The minimum absolute atomic E-state index is 0.0866. The predicted molar refractivity (Wildman–Crippen MR) is 86.7 cm³/mol. The van der Waals surface area contributed by atoms with E-state index in [1.165, 1.54) is 12.1 Å². The van der Waals surface area contributed by atoms with Gasteiger partial charge in [0, 0.05) is 27.3 Å². The summed E-state index contributed by atoms with van der Waals surface area (Å²) in [6.45, 7) is 6.02. The maximum absolute atomic E-state index is 12.3. The quantitative estimate of drug-likeness (QED) is 0.720. The lowest BCUT2D eigenvalue weighted by Gasteiger charge is -2.14. The van der Waals surface area contributed by atoms with Crippen LogP contribution in [0.1, 0.15) is 26.5 Å². The van der Waals surface area contributed by atoms with Crippen molar-refractivity contribution in [3.8, 4) is 0 Å². The summed E-state index contributed by atoms with van der Waals surface area (Å²) in [6.07, 6.45) is 0. The number of aromatic nitrogens is 2. The maximum Gasteiger partial charge on any atom is 0.263 e. The fourth-order valence-electron chi connectivity index (χ4n) is 1.64. The second kappa shape index (κ2) is 5.34. The van der Waals surface area contributed by atoms with Crippen LogP contribution in [0.15, 0.2) is 33.6 Å². The molecule has 2 rings (SSSR count). The van der Waals surface area contributed by atoms with Gasteiger partial charge in [-0.3, -0.25) is 9.82 Å². The summed E-state index contributed by atoms with van der Waals surface area (Å²) in [7, 11) is -3.72. The number of anilines is 2. The molecule has 0 amide bonds. The Balaban J connectivity index is 2.29. The molecule has 0 aliphatic heterocycles. The van der Waals surface area contributed by atoms with Crippen molar-refractivity contribution in [2.75, 3.05) is 10.5 Å². The summed E-state index contributed by atoms with van der Waals surface area (Å²) >= 11 is 3.23. The molecule has 1 aromatic carbocycles. The van der Waals surface area contributed by atoms with Gasteiger partial charge in [0.25, 0.3) is 10.0 Å². The molecule has 0 fully saturated rings. The average Bonchev–Trinajstić information content (AvgIpc) is 2.80. The van der Waals surface area contributed by atoms with E-state index in [1.807, 2.05) is 20.8 Å². The molecular formula is C13H17BrN4O2S. The maximum atomic E-state index is 12.3. The topological polar surface area (TPSA) is 101 Å². The van der Waals surface area contributed by atoms with Gasteiger partial charge in [0.1, 0.15) is 0 Å². The minimum Gasteiger partial charge on any atom is -0.398 e. The monoisotopic (exact) mass is 372 g/mol. The number of sulfonamides is 1. The van der Waals surface area contributed by atoms with Crippen molar-refractivity contribution in [2.45, 2.75) is 31.1 Å². The van der Waals surface area contributed by atoms with E-state index in [4.69, 9.17) is 5.73 Å². The van der Waals surface area contributed by atoms with E-state index in [1.54, 1.807) is 12.1 Å². The van der Waals surface area contributed by atoms with Gasteiger partial charge in [0.2, 0.25) is 0 Å². The summed E-state index contributed by atoms with van der Waals surface area (Å²) in [6, 6.07) is 6.14. The lowest BCUT2D eigenvalue weighted by Crippen LogP contribution is -2.13. The van der Waals surface area contributed by atoms with Crippen LogP contribution >= 0.6 is 15.9 Å². The number of hydrogen-bond acceptors (Lipinski definition) is 4. The molecule has 0 spiro atoms. The summed E-state index contributed by atoms with van der Waals surface area (Å²) < 4.78 is 27.7. The molecule has 1 heterocycles. The van der Waals surface area contributed by atoms with E-state index < -0.39 is 10.0 Å². The number of H-pyrrole nitrogens is 1. The minimum atomic E-state index is -3.72. The van der Waals surface area contributed by atoms with Gasteiger partial charge in [-0.2, -0.15) is 5.10 Å². The predicted octanol–water partition coefficient (Wildman–Crippen LogP) is 2.85. The highest BCUT2D eigenvalue weighted by Crippen LogP contribution is 2.26. The van der Waals surface area contributed by atoms with E-state index in [-0.39, 0.29) is 16.1 Å². The number of benzene rings is 1. The first kappa shape index (κ1) is 15.8. The van der Waals surface area contributed by atoms with Crippen LogP contribution in [0.2, 0.25) is 0 Å².